The average molecular weight is 443 g/mol. The molecule has 0 amide bonds. The van der Waals surface area contributed by atoms with E-state index in [1.165, 1.54) is 22.7 Å². The molecule has 1 aliphatic rings. The Labute approximate surface area is 181 Å². The van der Waals surface area contributed by atoms with Crippen LogP contribution in [-0.4, -0.2) is 26.9 Å². The number of allylic oxidation sites excluding steroid dienone is 1. The third kappa shape index (κ3) is 3.27. The van der Waals surface area contributed by atoms with Crippen molar-refractivity contribution in [3.8, 4) is 0 Å². The van der Waals surface area contributed by atoms with Gasteiger partial charge in [0.1, 0.15) is 6.04 Å². The number of ether oxygens (including phenoxy) is 1. The minimum absolute atomic E-state index is 0.172. The predicted octanol–water partition coefficient (Wildman–Crippen LogP) is 2.21. The lowest BCUT2D eigenvalue weighted by Crippen LogP contribution is -2.39. The van der Waals surface area contributed by atoms with Gasteiger partial charge < -0.3 is 4.74 Å². The van der Waals surface area contributed by atoms with Gasteiger partial charge in [0.2, 0.25) is 0 Å². The van der Waals surface area contributed by atoms with Gasteiger partial charge in [-0.15, -0.1) is 11.3 Å². The van der Waals surface area contributed by atoms with E-state index < -0.39 is 12.0 Å². The lowest BCUT2D eigenvalue weighted by molar-refractivity contribution is -0.139. The van der Waals surface area contributed by atoms with Gasteiger partial charge in [-0.2, -0.15) is 5.10 Å². The van der Waals surface area contributed by atoms with Gasteiger partial charge in [0.25, 0.3) is 5.56 Å². The molecule has 9 heteroatoms. The number of carbonyl (C=O) groups excluding carboxylic acids is 1. The van der Waals surface area contributed by atoms with Crippen LogP contribution < -0.4 is 14.9 Å². The quantitative estimate of drug-likeness (QED) is 0.581. The third-order valence-corrected chi connectivity index (χ3v) is 7.08. The zero-order valence-electron chi connectivity index (χ0n) is 17.4. The van der Waals surface area contributed by atoms with Crippen LogP contribution in [0.25, 0.3) is 6.08 Å². The van der Waals surface area contributed by atoms with Crippen molar-refractivity contribution in [2.45, 2.75) is 33.7 Å². The molecule has 1 atom stereocenters. The Morgan fingerprint density at radius 1 is 1.33 bits per heavy atom. The molecule has 3 aromatic rings. The molecule has 0 saturated carbocycles. The summed E-state index contributed by atoms with van der Waals surface area (Å²) >= 11 is 2.83. The molecule has 0 saturated heterocycles. The monoisotopic (exact) mass is 442 g/mol. The maximum atomic E-state index is 13.5. The molecular formula is C21H22N4O3S2. The van der Waals surface area contributed by atoms with Gasteiger partial charge >= 0.3 is 5.97 Å². The van der Waals surface area contributed by atoms with Gasteiger partial charge in [0.05, 0.1) is 28.1 Å². The van der Waals surface area contributed by atoms with Crippen molar-refractivity contribution < 1.29 is 9.53 Å². The fourth-order valence-electron chi connectivity index (χ4n) is 3.64. The molecule has 1 aliphatic heterocycles. The minimum Gasteiger partial charge on any atom is -0.463 e. The van der Waals surface area contributed by atoms with Crippen LogP contribution in [0.5, 0.6) is 0 Å². The Balaban J connectivity index is 1.97. The van der Waals surface area contributed by atoms with E-state index >= 15 is 0 Å². The van der Waals surface area contributed by atoms with Crippen LogP contribution in [0.15, 0.2) is 38.6 Å². The first-order chi connectivity index (χ1) is 14.3. The second-order valence-electron chi connectivity index (χ2n) is 7.03. The first-order valence-corrected chi connectivity index (χ1v) is 11.3. The Morgan fingerprint density at radius 2 is 2.10 bits per heavy atom. The minimum atomic E-state index is -0.543. The molecule has 4 heterocycles. The van der Waals surface area contributed by atoms with Crippen molar-refractivity contribution in [1.82, 2.24) is 14.3 Å². The number of rotatable bonds is 4. The number of nitrogens with zero attached hydrogens (tertiary/aromatic N) is 4. The summed E-state index contributed by atoms with van der Waals surface area (Å²) in [7, 11) is 1.88. The highest BCUT2D eigenvalue weighted by atomic mass is 32.1. The van der Waals surface area contributed by atoms with Gasteiger partial charge in [-0.25, -0.2) is 9.79 Å². The third-order valence-electron chi connectivity index (χ3n) is 5.17. The number of aromatic nitrogens is 3. The van der Waals surface area contributed by atoms with E-state index in [1.807, 2.05) is 44.5 Å². The van der Waals surface area contributed by atoms with Crippen molar-refractivity contribution in [3.63, 3.8) is 0 Å². The second-order valence-corrected chi connectivity index (χ2v) is 9.01. The fraction of sp³-hybridized carbons (Fsp3) is 0.333. The normalized spacial score (nSPS) is 16.6. The van der Waals surface area contributed by atoms with Crippen LogP contribution in [-0.2, 0) is 16.6 Å². The summed E-state index contributed by atoms with van der Waals surface area (Å²) < 4.78 is 9.27. The van der Waals surface area contributed by atoms with Gasteiger partial charge in [-0.05, 0) is 45.2 Å². The molecule has 3 aromatic heterocycles. The summed E-state index contributed by atoms with van der Waals surface area (Å²) in [5.74, 6) is -0.439. The summed E-state index contributed by atoms with van der Waals surface area (Å²) in [6, 6.07) is 3.30. The number of hydrogen-bond acceptors (Lipinski definition) is 7. The summed E-state index contributed by atoms with van der Waals surface area (Å²) in [5, 5.41) is 6.37. The molecule has 0 radical (unpaired) electrons. The maximum Gasteiger partial charge on any atom is 0.338 e. The first-order valence-electron chi connectivity index (χ1n) is 9.56. The largest absolute Gasteiger partial charge is 0.463 e. The van der Waals surface area contributed by atoms with E-state index in [0.29, 0.717) is 20.6 Å². The van der Waals surface area contributed by atoms with Crippen LogP contribution >= 0.6 is 22.7 Å². The number of carbonyl (C=O) groups is 1. The van der Waals surface area contributed by atoms with Gasteiger partial charge in [-0.3, -0.25) is 14.0 Å². The van der Waals surface area contributed by atoms with Crippen LogP contribution in [0.4, 0.5) is 0 Å². The highest BCUT2D eigenvalue weighted by molar-refractivity contribution is 7.10. The molecular weight excluding hydrogens is 420 g/mol. The highest BCUT2D eigenvalue weighted by Gasteiger charge is 2.33. The smallest absolute Gasteiger partial charge is 0.338 e. The molecule has 0 N–H and O–H groups in total. The predicted molar refractivity (Wildman–Crippen MR) is 117 cm³/mol. The number of fused-ring (bicyclic) bond motifs is 1. The molecule has 0 unspecified atom stereocenters. The van der Waals surface area contributed by atoms with E-state index in [-0.39, 0.29) is 12.2 Å². The number of aryl methyl sites for hydroxylation is 2. The highest BCUT2D eigenvalue weighted by Crippen LogP contribution is 2.33. The Kier molecular flexibility index (Phi) is 5.33. The number of hydrogen-bond donors (Lipinski definition) is 0. The van der Waals surface area contributed by atoms with E-state index in [2.05, 4.69) is 10.1 Å². The van der Waals surface area contributed by atoms with Crippen molar-refractivity contribution in [2.75, 3.05) is 6.61 Å². The van der Waals surface area contributed by atoms with Gasteiger partial charge in [0.15, 0.2) is 4.80 Å². The maximum absolute atomic E-state index is 13.5. The molecule has 0 bridgehead atoms. The summed E-state index contributed by atoms with van der Waals surface area (Å²) in [6.45, 7) is 7.71. The van der Waals surface area contributed by atoms with E-state index in [9.17, 15) is 9.59 Å². The standard InChI is InChI=1S/C21H22N4O3S2/c1-6-28-20(27)17-12(3)22-21-25(18(17)15-8-7-9-29-15)19(26)16(30-21)10-14-11(2)23-24(5)13(14)4/h7-10,18H,6H2,1-5H3/b16-10+/t18-/m1/s1. The van der Waals surface area contributed by atoms with Gasteiger partial charge in [-0.1, -0.05) is 17.4 Å². The van der Waals surface area contributed by atoms with Crippen LogP contribution in [0, 0.1) is 13.8 Å². The average Bonchev–Trinajstić information content (AvgIpc) is 3.38. The number of thiophene rings is 1. The van der Waals surface area contributed by atoms with Crippen LogP contribution in [0.2, 0.25) is 0 Å². The van der Waals surface area contributed by atoms with Crippen molar-refractivity contribution in [3.05, 3.63) is 70.3 Å². The Morgan fingerprint density at radius 3 is 2.70 bits per heavy atom. The second kappa shape index (κ2) is 7.81. The molecule has 0 aromatic carbocycles. The molecule has 7 nitrogen and oxygen atoms in total. The van der Waals surface area contributed by atoms with Crippen molar-refractivity contribution in [2.24, 2.45) is 12.0 Å². The molecule has 4 rings (SSSR count). The molecule has 0 fully saturated rings. The Hall–Kier alpha value is -2.78. The fourth-order valence-corrected chi connectivity index (χ4v) is 5.49. The van der Waals surface area contributed by atoms with Crippen LogP contribution in [0.1, 0.15) is 41.7 Å². The SMILES string of the molecule is CCOC(=O)C1=C(C)N=c2s/c(=C/c3c(C)nn(C)c3C)c(=O)n2[C@@H]1c1cccs1. The summed E-state index contributed by atoms with van der Waals surface area (Å²) in [6.07, 6.45) is 1.87. The van der Waals surface area contributed by atoms with E-state index in [1.54, 1.807) is 23.1 Å². The lowest BCUT2D eigenvalue weighted by Gasteiger charge is -2.23. The summed E-state index contributed by atoms with van der Waals surface area (Å²) in [5.41, 5.74) is 3.59. The first kappa shape index (κ1) is 20.5. The molecule has 156 valence electrons. The number of esters is 1. The Bertz CT molecular complexity index is 1340. The van der Waals surface area contributed by atoms with Gasteiger partial charge in [0, 0.05) is 23.2 Å². The van der Waals surface area contributed by atoms with Crippen molar-refractivity contribution in [1.29, 1.82) is 0 Å². The van der Waals surface area contributed by atoms with Crippen molar-refractivity contribution >= 4 is 34.7 Å². The molecule has 0 aliphatic carbocycles. The zero-order valence-corrected chi connectivity index (χ0v) is 19.1. The molecule has 0 spiro atoms. The molecule has 30 heavy (non-hydrogen) atoms. The summed E-state index contributed by atoms with van der Waals surface area (Å²) in [4.78, 5) is 32.3. The van der Waals surface area contributed by atoms with E-state index in [0.717, 1.165) is 21.8 Å². The topological polar surface area (TPSA) is 78.5 Å². The van der Waals surface area contributed by atoms with E-state index in [4.69, 9.17) is 4.74 Å². The lowest BCUT2D eigenvalue weighted by atomic mass is 10.0. The zero-order chi connectivity index (χ0) is 21.6. The number of thiazole rings is 1. The van der Waals surface area contributed by atoms with Crippen LogP contribution in [0.3, 0.4) is 0 Å².